The van der Waals surface area contributed by atoms with Gasteiger partial charge in [-0.2, -0.15) is 0 Å². The van der Waals surface area contributed by atoms with Crippen molar-refractivity contribution in [3.05, 3.63) is 29.5 Å². The average molecular weight is 263 g/mol. The van der Waals surface area contributed by atoms with Crippen molar-refractivity contribution in [3.8, 4) is 0 Å². The predicted molar refractivity (Wildman–Crippen MR) is 67.5 cm³/mol. The average Bonchev–Trinajstić information content (AvgIpc) is 2.93. The second kappa shape index (κ2) is 4.83. The highest BCUT2D eigenvalue weighted by Crippen LogP contribution is 2.17. The number of carbonyl (C=O) groups excluding carboxylic acids is 1. The van der Waals surface area contributed by atoms with Gasteiger partial charge in [0.05, 0.1) is 12.7 Å². The summed E-state index contributed by atoms with van der Waals surface area (Å²) in [6.07, 6.45) is 1.60. The third-order valence-electron chi connectivity index (χ3n) is 2.47. The summed E-state index contributed by atoms with van der Waals surface area (Å²) in [5, 5.41) is 9.32. The second-order valence-electron chi connectivity index (χ2n) is 5.30. The van der Waals surface area contributed by atoms with Crippen LogP contribution < -0.4 is 5.32 Å². The van der Waals surface area contributed by atoms with E-state index >= 15 is 0 Å². The van der Waals surface area contributed by atoms with Gasteiger partial charge >= 0.3 is 0 Å². The predicted octanol–water partition coefficient (Wildman–Crippen LogP) is 1.33. The lowest BCUT2D eigenvalue weighted by atomic mass is 9.96. The first kappa shape index (κ1) is 13.3. The van der Waals surface area contributed by atoms with E-state index in [1.54, 1.807) is 13.1 Å². The Bertz CT molecular complexity index is 579. The summed E-state index contributed by atoms with van der Waals surface area (Å²) in [5.41, 5.74) is -0.175. The van der Waals surface area contributed by atoms with E-state index < -0.39 is 0 Å². The van der Waals surface area contributed by atoms with E-state index in [9.17, 15) is 4.79 Å². The topological polar surface area (TPSA) is 96.7 Å². The SMILES string of the molecule is Cc1cnc(CNC(=O)c2n[nH]c(C(C)(C)C)n2)o1. The molecule has 0 aliphatic carbocycles. The standard InChI is InChI=1S/C12H17N5O2/c1-7-5-13-8(19-7)6-14-10(18)9-15-11(17-16-9)12(2,3)4/h5H,6H2,1-4H3,(H,14,18)(H,15,16,17). The molecule has 2 aromatic heterocycles. The molecule has 0 aliphatic heterocycles. The van der Waals surface area contributed by atoms with Gasteiger partial charge in [0.25, 0.3) is 5.91 Å². The summed E-state index contributed by atoms with van der Waals surface area (Å²) in [4.78, 5) is 20.0. The fourth-order valence-electron chi connectivity index (χ4n) is 1.42. The van der Waals surface area contributed by atoms with Crippen LogP contribution in [0.2, 0.25) is 0 Å². The maximum absolute atomic E-state index is 11.8. The quantitative estimate of drug-likeness (QED) is 0.870. The maximum Gasteiger partial charge on any atom is 0.291 e. The van der Waals surface area contributed by atoms with Crippen LogP contribution in [0.4, 0.5) is 0 Å². The zero-order valence-electron chi connectivity index (χ0n) is 11.4. The van der Waals surface area contributed by atoms with E-state index in [-0.39, 0.29) is 23.7 Å². The molecule has 2 rings (SSSR count). The Morgan fingerprint density at radius 1 is 1.47 bits per heavy atom. The fraction of sp³-hybridized carbons (Fsp3) is 0.500. The highest BCUT2D eigenvalue weighted by molar-refractivity contribution is 5.90. The number of hydrogen-bond acceptors (Lipinski definition) is 5. The number of carbonyl (C=O) groups is 1. The molecule has 7 nitrogen and oxygen atoms in total. The molecule has 19 heavy (non-hydrogen) atoms. The van der Waals surface area contributed by atoms with E-state index in [1.807, 2.05) is 20.8 Å². The molecule has 7 heteroatoms. The van der Waals surface area contributed by atoms with Gasteiger partial charge in [-0.05, 0) is 6.92 Å². The molecule has 0 fully saturated rings. The van der Waals surface area contributed by atoms with Crippen molar-refractivity contribution >= 4 is 5.91 Å². The normalized spacial score (nSPS) is 11.6. The minimum Gasteiger partial charge on any atom is -0.444 e. The van der Waals surface area contributed by atoms with E-state index in [2.05, 4.69) is 25.5 Å². The van der Waals surface area contributed by atoms with Gasteiger partial charge in [-0.1, -0.05) is 20.8 Å². The minimum atomic E-state index is -0.359. The number of hydrogen-bond donors (Lipinski definition) is 2. The number of aromatic nitrogens is 4. The molecule has 0 atom stereocenters. The Morgan fingerprint density at radius 3 is 2.74 bits per heavy atom. The Morgan fingerprint density at radius 2 is 2.21 bits per heavy atom. The van der Waals surface area contributed by atoms with Crippen LogP contribution >= 0.6 is 0 Å². The Kier molecular flexibility index (Phi) is 3.37. The molecule has 0 aromatic carbocycles. The summed E-state index contributed by atoms with van der Waals surface area (Å²) < 4.78 is 5.25. The number of oxazole rings is 1. The van der Waals surface area contributed by atoms with Crippen molar-refractivity contribution in [3.63, 3.8) is 0 Å². The molecular weight excluding hydrogens is 246 g/mol. The molecule has 102 valence electrons. The molecule has 0 saturated heterocycles. The van der Waals surface area contributed by atoms with E-state index in [4.69, 9.17) is 4.42 Å². The van der Waals surface area contributed by atoms with Gasteiger partial charge in [-0.3, -0.25) is 9.89 Å². The van der Waals surface area contributed by atoms with Gasteiger partial charge < -0.3 is 9.73 Å². The van der Waals surface area contributed by atoms with Gasteiger partial charge in [0.2, 0.25) is 11.7 Å². The Balaban J connectivity index is 1.98. The van der Waals surface area contributed by atoms with Gasteiger partial charge in [0, 0.05) is 5.41 Å². The third kappa shape index (κ3) is 3.18. The largest absolute Gasteiger partial charge is 0.444 e. The van der Waals surface area contributed by atoms with E-state index in [1.165, 1.54) is 0 Å². The molecule has 2 heterocycles. The van der Waals surface area contributed by atoms with Crippen LogP contribution in [-0.2, 0) is 12.0 Å². The molecular formula is C12H17N5O2. The maximum atomic E-state index is 11.8. The zero-order valence-corrected chi connectivity index (χ0v) is 11.4. The van der Waals surface area contributed by atoms with Crippen molar-refractivity contribution in [2.24, 2.45) is 0 Å². The number of amides is 1. The van der Waals surface area contributed by atoms with Crippen LogP contribution in [0.1, 0.15) is 48.9 Å². The van der Waals surface area contributed by atoms with Crippen LogP contribution in [0.3, 0.4) is 0 Å². The number of nitrogens with zero attached hydrogens (tertiary/aromatic N) is 3. The highest BCUT2D eigenvalue weighted by Gasteiger charge is 2.21. The first-order valence-electron chi connectivity index (χ1n) is 5.98. The van der Waals surface area contributed by atoms with Crippen molar-refractivity contribution in [1.29, 1.82) is 0 Å². The van der Waals surface area contributed by atoms with E-state index in [0.29, 0.717) is 17.5 Å². The van der Waals surface area contributed by atoms with Crippen molar-refractivity contribution in [1.82, 2.24) is 25.5 Å². The van der Waals surface area contributed by atoms with Crippen LogP contribution in [0.5, 0.6) is 0 Å². The lowest BCUT2D eigenvalue weighted by Crippen LogP contribution is -2.24. The van der Waals surface area contributed by atoms with Gasteiger partial charge in [0.15, 0.2) is 0 Å². The van der Waals surface area contributed by atoms with Crippen molar-refractivity contribution in [2.75, 3.05) is 0 Å². The smallest absolute Gasteiger partial charge is 0.291 e. The summed E-state index contributed by atoms with van der Waals surface area (Å²) in [6.45, 7) is 7.98. The van der Waals surface area contributed by atoms with Crippen molar-refractivity contribution in [2.45, 2.75) is 39.7 Å². The molecule has 0 radical (unpaired) electrons. The number of nitrogens with one attached hydrogen (secondary N) is 2. The minimum absolute atomic E-state index is 0.119. The fourth-order valence-corrected chi connectivity index (χ4v) is 1.42. The first-order valence-corrected chi connectivity index (χ1v) is 5.98. The highest BCUT2D eigenvalue weighted by atomic mass is 16.4. The molecule has 0 aliphatic rings. The van der Waals surface area contributed by atoms with Crippen LogP contribution in [-0.4, -0.2) is 26.1 Å². The van der Waals surface area contributed by atoms with Gasteiger partial charge in [-0.25, -0.2) is 9.97 Å². The number of rotatable bonds is 3. The molecule has 0 spiro atoms. The summed E-state index contributed by atoms with van der Waals surface area (Å²) in [5.74, 6) is 1.59. The zero-order chi connectivity index (χ0) is 14.0. The number of aromatic amines is 1. The lowest BCUT2D eigenvalue weighted by molar-refractivity contribution is 0.0937. The Hall–Kier alpha value is -2.18. The molecule has 2 aromatic rings. The first-order chi connectivity index (χ1) is 8.86. The molecule has 0 saturated carbocycles. The monoisotopic (exact) mass is 263 g/mol. The van der Waals surface area contributed by atoms with Crippen LogP contribution in [0.25, 0.3) is 0 Å². The second-order valence-corrected chi connectivity index (χ2v) is 5.30. The summed E-state index contributed by atoms with van der Waals surface area (Å²) in [6, 6.07) is 0. The molecule has 1 amide bonds. The summed E-state index contributed by atoms with van der Waals surface area (Å²) in [7, 11) is 0. The summed E-state index contributed by atoms with van der Waals surface area (Å²) >= 11 is 0. The van der Waals surface area contributed by atoms with Gasteiger partial charge in [0.1, 0.15) is 11.6 Å². The number of aryl methyl sites for hydroxylation is 1. The lowest BCUT2D eigenvalue weighted by Gasteiger charge is -2.12. The number of H-pyrrole nitrogens is 1. The third-order valence-corrected chi connectivity index (χ3v) is 2.47. The molecule has 0 bridgehead atoms. The Labute approximate surface area is 110 Å². The van der Waals surface area contributed by atoms with Crippen LogP contribution in [0.15, 0.2) is 10.6 Å². The van der Waals surface area contributed by atoms with E-state index in [0.717, 1.165) is 0 Å². The van der Waals surface area contributed by atoms with Crippen molar-refractivity contribution < 1.29 is 9.21 Å². The van der Waals surface area contributed by atoms with Crippen LogP contribution in [0, 0.1) is 6.92 Å². The van der Waals surface area contributed by atoms with Gasteiger partial charge in [-0.15, -0.1) is 5.10 Å². The molecule has 0 unspecified atom stereocenters. The molecule has 2 N–H and O–H groups in total.